The number of hydrogen-bond donors (Lipinski definition) is 0. The molecule has 0 fully saturated rings. The van der Waals surface area contributed by atoms with Gasteiger partial charge < -0.3 is 18.3 Å². The average molecular weight is 899 g/mol. The van der Waals surface area contributed by atoms with Crippen LogP contribution in [0.4, 0.5) is 17.1 Å². The molecule has 0 aliphatic heterocycles. The van der Waals surface area contributed by atoms with Crippen molar-refractivity contribution in [1.29, 1.82) is 0 Å². The summed E-state index contributed by atoms with van der Waals surface area (Å²) in [6, 6.07) is 66.4. The number of benzene rings is 9. The third-order valence-corrected chi connectivity index (χ3v) is 15.1. The molecule has 0 radical (unpaired) electrons. The van der Waals surface area contributed by atoms with E-state index in [9.17, 15) is 0 Å². The van der Waals surface area contributed by atoms with Crippen LogP contribution in [0.3, 0.4) is 0 Å². The molecule has 4 heteroatoms. The van der Waals surface area contributed by atoms with E-state index in [1.54, 1.807) is 0 Å². The lowest BCUT2D eigenvalue weighted by atomic mass is 9.65. The van der Waals surface area contributed by atoms with Crippen molar-refractivity contribution in [3.05, 3.63) is 250 Å². The van der Waals surface area contributed by atoms with Crippen molar-refractivity contribution in [2.45, 2.75) is 26.2 Å². The number of anilines is 3. The van der Waals surface area contributed by atoms with Gasteiger partial charge in [0.2, 0.25) is 0 Å². The molecule has 4 nitrogen and oxygen atoms in total. The minimum Gasteiger partial charge on any atom is -0.455 e. The van der Waals surface area contributed by atoms with Crippen LogP contribution in [-0.4, -0.2) is 4.57 Å². The second-order valence-electron chi connectivity index (χ2n) is 18.9. The van der Waals surface area contributed by atoms with Crippen LogP contribution in [0.25, 0.3) is 95.9 Å². The lowest BCUT2D eigenvalue weighted by Gasteiger charge is -2.35. The van der Waals surface area contributed by atoms with Gasteiger partial charge in [-0.3, -0.25) is 0 Å². The zero-order valence-electron chi connectivity index (χ0n) is 39.1. The Hall–Kier alpha value is -8.86. The number of furan rings is 2. The van der Waals surface area contributed by atoms with Crippen molar-refractivity contribution in [3.63, 3.8) is 0 Å². The molecule has 9 aromatic carbocycles. The van der Waals surface area contributed by atoms with Gasteiger partial charge in [-0.05, 0) is 121 Å². The quantitative estimate of drug-likeness (QED) is 0.167. The molecule has 332 valence electrons. The van der Waals surface area contributed by atoms with Crippen LogP contribution < -0.4 is 4.90 Å². The maximum atomic E-state index is 7.26. The Morgan fingerprint density at radius 2 is 1.09 bits per heavy atom. The molecule has 14 rings (SSSR count). The van der Waals surface area contributed by atoms with Crippen molar-refractivity contribution in [1.82, 2.24) is 4.57 Å². The van der Waals surface area contributed by atoms with E-state index in [-0.39, 0.29) is 0 Å². The van der Waals surface area contributed by atoms with Crippen LogP contribution in [0.1, 0.15) is 62.7 Å². The number of aryl methyl sites for hydroxylation is 2. The van der Waals surface area contributed by atoms with E-state index < -0.39 is 5.41 Å². The molecule has 0 bridgehead atoms. The first-order valence-corrected chi connectivity index (χ1v) is 24.1. The van der Waals surface area contributed by atoms with Crippen molar-refractivity contribution >= 4 is 96.1 Å². The minimum absolute atomic E-state index is 0.767. The summed E-state index contributed by atoms with van der Waals surface area (Å²) >= 11 is 0. The van der Waals surface area contributed by atoms with Gasteiger partial charge in [0.1, 0.15) is 22.3 Å². The Bertz CT molecular complexity index is 4140. The number of nitrogens with zero attached hydrogens (tertiary/aromatic N) is 2. The highest BCUT2D eigenvalue weighted by Gasteiger charge is 2.50. The first-order valence-electron chi connectivity index (χ1n) is 24.1. The van der Waals surface area contributed by atoms with Gasteiger partial charge >= 0.3 is 0 Å². The van der Waals surface area contributed by atoms with Crippen molar-refractivity contribution in [2.75, 3.05) is 4.90 Å². The Kier molecular flexibility index (Phi) is 8.66. The topological polar surface area (TPSA) is 34.5 Å². The first kappa shape index (κ1) is 40.2. The van der Waals surface area contributed by atoms with Crippen LogP contribution in [0, 0.1) is 13.8 Å². The van der Waals surface area contributed by atoms with E-state index in [0.717, 1.165) is 105 Å². The Morgan fingerprint density at radius 3 is 1.74 bits per heavy atom. The highest BCUT2D eigenvalue weighted by atomic mass is 16.3. The normalized spacial score (nSPS) is 13.4. The third kappa shape index (κ3) is 5.47. The van der Waals surface area contributed by atoms with E-state index in [2.05, 4.69) is 243 Å². The van der Waals surface area contributed by atoms with Crippen LogP contribution in [0.2, 0.25) is 0 Å². The molecule has 2 aliphatic rings. The van der Waals surface area contributed by atoms with Crippen LogP contribution in [-0.2, 0) is 5.41 Å². The van der Waals surface area contributed by atoms with E-state index >= 15 is 0 Å². The predicted octanol–water partition coefficient (Wildman–Crippen LogP) is 18.0. The van der Waals surface area contributed by atoms with Gasteiger partial charge in [0.15, 0.2) is 0 Å². The number of hydrogen-bond acceptors (Lipinski definition) is 3. The number of para-hydroxylation sites is 2. The maximum absolute atomic E-state index is 7.26. The number of allylic oxidation sites excluding steroid dienone is 1. The first-order chi connectivity index (χ1) is 34.5. The highest BCUT2D eigenvalue weighted by molar-refractivity contribution is 6.16. The van der Waals surface area contributed by atoms with Gasteiger partial charge in [0.25, 0.3) is 0 Å². The second kappa shape index (κ2) is 15.1. The summed E-state index contributed by atoms with van der Waals surface area (Å²) in [4.78, 5) is 2.35. The monoisotopic (exact) mass is 898 g/mol. The molecule has 1 spiro atoms. The molecular formula is C66H46N2O2. The lowest BCUT2D eigenvalue weighted by Crippen LogP contribution is -2.30. The molecule has 3 aromatic heterocycles. The SMILES string of the molecule is C=Cc1c(/C=C\C)n(-c2cc3c(c4oc5ccccc5c24)C=Cc2c(ccc4c2oc2ccccc24)C32c3ccccc3-c3ccccc32)c2ccc(N(c3ccc(C)cc3)c3ccc(C)cc3)cc12. The second-order valence-corrected chi connectivity index (χ2v) is 18.9. The Balaban J connectivity index is 1.12. The standard InChI is InChI=1S/C66H46N2O2/c1-5-15-58-45(6-2)53-38-44(67(42-28-24-40(3)25-29-42)43-30-26-41(4)27-31-43)32-37-59(53)68(58)60-39-57-51(65-63(60)52-19-10-14-23-62(52)70-65)34-33-50-56(36-35-49-48-18-9-13-22-61(48)69-64(49)50)66(57)54-20-11-7-16-46(54)47-17-8-12-21-55(47)66/h5-39H,2H2,1,3-4H3/b15-5-. The molecule has 0 atom stereocenters. The molecule has 0 unspecified atom stereocenters. The van der Waals surface area contributed by atoms with Crippen molar-refractivity contribution in [2.24, 2.45) is 0 Å². The van der Waals surface area contributed by atoms with E-state index in [0.29, 0.717) is 0 Å². The van der Waals surface area contributed by atoms with Gasteiger partial charge in [-0.2, -0.15) is 0 Å². The summed E-state index contributed by atoms with van der Waals surface area (Å²) < 4.78 is 16.6. The number of aromatic nitrogens is 1. The highest BCUT2D eigenvalue weighted by Crippen LogP contribution is 2.61. The third-order valence-electron chi connectivity index (χ3n) is 15.1. The molecule has 12 aromatic rings. The summed E-state index contributed by atoms with van der Waals surface area (Å²) in [5.41, 5.74) is 21.9. The summed E-state index contributed by atoms with van der Waals surface area (Å²) in [6.45, 7) is 10.9. The van der Waals surface area contributed by atoms with Crippen molar-refractivity contribution in [3.8, 4) is 16.8 Å². The zero-order chi connectivity index (χ0) is 46.8. The number of fused-ring (bicyclic) bond motifs is 18. The van der Waals surface area contributed by atoms with Gasteiger partial charge in [0, 0.05) is 55.3 Å². The minimum atomic E-state index is -0.767. The van der Waals surface area contributed by atoms with E-state index in [4.69, 9.17) is 8.83 Å². The lowest BCUT2D eigenvalue weighted by molar-refractivity contribution is 0.661. The van der Waals surface area contributed by atoms with Crippen LogP contribution >= 0.6 is 0 Å². The Morgan fingerprint density at radius 1 is 0.514 bits per heavy atom. The van der Waals surface area contributed by atoms with E-state index in [1.807, 2.05) is 6.08 Å². The molecule has 0 saturated heterocycles. The van der Waals surface area contributed by atoms with Gasteiger partial charge in [-0.25, -0.2) is 0 Å². The largest absolute Gasteiger partial charge is 0.455 e. The molecule has 0 N–H and O–H groups in total. The zero-order valence-corrected chi connectivity index (χ0v) is 39.1. The van der Waals surface area contributed by atoms with E-state index in [1.165, 1.54) is 38.9 Å². The molecule has 70 heavy (non-hydrogen) atoms. The molecule has 0 amide bonds. The molecule has 0 saturated carbocycles. The van der Waals surface area contributed by atoms with Crippen LogP contribution in [0.5, 0.6) is 0 Å². The molecule has 3 heterocycles. The van der Waals surface area contributed by atoms with Crippen LogP contribution in [0.15, 0.2) is 203 Å². The number of rotatable bonds is 6. The maximum Gasteiger partial charge on any atom is 0.145 e. The molecular weight excluding hydrogens is 853 g/mol. The summed E-state index contributed by atoms with van der Waals surface area (Å²) in [7, 11) is 0. The fraction of sp³-hybridized carbons (Fsp3) is 0.0606. The fourth-order valence-electron chi connectivity index (χ4n) is 12.1. The molecule has 2 aliphatic carbocycles. The fourth-order valence-corrected chi connectivity index (χ4v) is 12.1. The summed E-state index contributed by atoms with van der Waals surface area (Å²) in [5.74, 6) is 0. The van der Waals surface area contributed by atoms with Gasteiger partial charge in [-0.1, -0.05) is 163 Å². The summed E-state index contributed by atoms with van der Waals surface area (Å²) in [5, 5.41) is 5.42. The van der Waals surface area contributed by atoms with Gasteiger partial charge in [-0.15, -0.1) is 0 Å². The smallest absolute Gasteiger partial charge is 0.145 e. The predicted molar refractivity (Wildman–Crippen MR) is 293 cm³/mol. The Labute approximate surface area is 406 Å². The average Bonchev–Trinajstić information content (AvgIpc) is 4.11. The van der Waals surface area contributed by atoms with Crippen molar-refractivity contribution < 1.29 is 8.83 Å². The van der Waals surface area contributed by atoms with Gasteiger partial charge in [0.05, 0.1) is 27.7 Å². The summed E-state index contributed by atoms with van der Waals surface area (Å²) in [6.07, 6.45) is 11.0.